The van der Waals surface area contributed by atoms with Crippen LogP contribution in [0.25, 0.3) is 0 Å². The molecule has 1 heterocycles. The second-order valence-electron chi connectivity index (χ2n) is 5.30. The van der Waals surface area contributed by atoms with Crippen molar-refractivity contribution in [1.82, 2.24) is 5.32 Å². The molecule has 0 aliphatic carbocycles. The van der Waals surface area contributed by atoms with Gasteiger partial charge in [0, 0.05) is 31.3 Å². The van der Waals surface area contributed by atoms with Crippen LogP contribution < -0.4 is 20.1 Å². The molecule has 23 heavy (non-hydrogen) atoms. The fourth-order valence-electron chi connectivity index (χ4n) is 2.36. The minimum atomic E-state index is 0.0268. The summed E-state index contributed by atoms with van der Waals surface area (Å²) >= 11 is 0. The largest absolute Gasteiger partial charge is 0.486 e. The fraction of sp³-hybridized carbons (Fsp3) is 0.278. The summed E-state index contributed by atoms with van der Waals surface area (Å²) in [6, 6.07) is 15.6. The molecule has 2 aromatic carbocycles. The molecule has 0 bridgehead atoms. The lowest BCUT2D eigenvalue weighted by Crippen LogP contribution is -2.24. The lowest BCUT2D eigenvalue weighted by molar-refractivity contribution is -0.121. The van der Waals surface area contributed by atoms with Gasteiger partial charge in [-0.1, -0.05) is 30.3 Å². The minimum Gasteiger partial charge on any atom is -0.486 e. The van der Waals surface area contributed by atoms with E-state index in [2.05, 4.69) is 10.6 Å². The Bertz CT molecular complexity index is 659. The highest BCUT2D eigenvalue weighted by Gasteiger charge is 2.11. The second kappa shape index (κ2) is 7.54. The van der Waals surface area contributed by atoms with Crippen molar-refractivity contribution in [3.05, 3.63) is 54.1 Å². The normalized spacial score (nSPS) is 12.5. The number of ether oxygens (including phenoxy) is 2. The molecule has 2 aromatic rings. The number of hydrogen-bond acceptors (Lipinski definition) is 4. The molecule has 1 amide bonds. The molecule has 0 atom stereocenters. The maximum Gasteiger partial charge on any atom is 0.222 e. The number of nitrogens with one attached hydrogen (secondary N) is 2. The zero-order valence-corrected chi connectivity index (χ0v) is 12.9. The molecular weight excluding hydrogens is 292 g/mol. The first kappa shape index (κ1) is 15.2. The Morgan fingerprint density at radius 1 is 1.00 bits per heavy atom. The van der Waals surface area contributed by atoms with Gasteiger partial charge in [0.2, 0.25) is 5.91 Å². The van der Waals surface area contributed by atoms with Crippen LogP contribution in [0.3, 0.4) is 0 Å². The van der Waals surface area contributed by atoms with E-state index in [1.807, 2.05) is 48.5 Å². The average Bonchev–Trinajstić information content (AvgIpc) is 2.61. The summed E-state index contributed by atoms with van der Waals surface area (Å²) in [5.74, 6) is 1.54. The molecule has 0 saturated heterocycles. The lowest BCUT2D eigenvalue weighted by Gasteiger charge is -2.19. The van der Waals surface area contributed by atoms with E-state index in [9.17, 15) is 4.79 Å². The molecule has 0 spiro atoms. The monoisotopic (exact) mass is 312 g/mol. The van der Waals surface area contributed by atoms with Gasteiger partial charge in [-0.15, -0.1) is 0 Å². The van der Waals surface area contributed by atoms with Gasteiger partial charge in [-0.25, -0.2) is 0 Å². The van der Waals surface area contributed by atoms with E-state index in [-0.39, 0.29) is 5.91 Å². The molecule has 0 saturated carbocycles. The molecule has 5 nitrogen and oxygen atoms in total. The van der Waals surface area contributed by atoms with E-state index in [1.165, 1.54) is 0 Å². The highest BCUT2D eigenvalue weighted by atomic mass is 16.6. The SMILES string of the molecule is O=C(CCNc1ccc2c(c1)OCCO2)NCc1ccccc1. The van der Waals surface area contributed by atoms with E-state index in [0.29, 0.717) is 32.7 Å². The summed E-state index contributed by atoms with van der Waals surface area (Å²) in [6.45, 7) is 2.28. The molecule has 5 heteroatoms. The van der Waals surface area contributed by atoms with Crippen LogP contribution in [0.2, 0.25) is 0 Å². The number of rotatable bonds is 6. The fourth-order valence-corrected chi connectivity index (χ4v) is 2.36. The number of carbonyl (C=O) groups excluding carboxylic acids is 1. The quantitative estimate of drug-likeness (QED) is 0.861. The zero-order valence-electron chi connectivity index (χ0n) is 12.9. The smallest absolute Gasteiger partial charge is 0.222 e. The highest BCUT2D eigenvalue weighted by molar-refractivity contribution is 5.76. The van der Waals surface area contributed by atoms with Crippen LogP contribution in [-0.4, -0.2) is 25.7 Å². The second-order valence-corrected chi connectivity index (χ2v) is 5.30. The van der Waals surface area contributed by atoms with Crippen molar-refractivity contribution in [3.63, 3.8) is 0 Å². The number of fused-ring (bicyclic) bond motifs is 1. The van der Waals surface area contributed by atoms with E-state index >= 15 is 0 Å². The van der Waals surface area contributed by atoms with Gasteiger partial charge in [0.25, 0.3) is 0 Å². The zero-order chi connectivity index (χ0) is 15.9. The maximum absolute atomic E-state index is 11.8. The third-order valence-corrected chi connectivity index (χ3v) is 3.56. The van der Waals surface area contributed by atoms with E-state index in [1.54, 1.807) is 0 Å². The topological polar surface area (TPSA) is 59.6 Å². The number of anilines is 1. The minimum absolute atomic E-state index is 0.0268. The van der Waals surface area contributed by atoms with Crippen LogP contribution in [0.15, 0.2) is 48.5 Å². The molecule has 0 unspecified atom stereocenters. The summed E-state index contributed by atoms with van der Waals surface area (Å²) in [7, 11) is 0. The third kappa shape index (κ3) is 4.39. The van der Waals surface area contributed by atoms with Gasteiger partial charge in [-0.3, -0.25) is 4.79 Å². The Kier molecular flexibility index (Phi) is 4.99. The Labute approximate surface area is 135 Å². The van der Waals surface area contributed by atoms with Gasteiger partial charge in [0.15, 0.2) is 11.5 Å². The van der Waals surface area contributed by atoms with E-state index in [0.717, 1.165) is 22.7 Å². The van der Waals surface area contributed by atoms with Gasteiger partial charge in [-0.05, 0) is 17.7 Å². The van der Waals surface area contributed by atoms with Crippen LogP contribution in [0, 0.1) is 0 Å². The Morgan fingerprint density at radius 2 is 1.78 bits per heavy atom. The van der Waals surface area contributed by atoms with Gasteiger partial charge >= 0.3 is 0 Å². The first-order valence-electron chi connectivity index (χ1n) is 7.75. The predicted molar refractivity (Wildman–Crippen MR) is 88.8 cm³/mol. The van der Waals surface area contributed by atoms with Gasteiger partial charge in [0.1, 0.15) is 13.2 Å². The third-order valence-electron chi connectivity index (χ3n) is 3.56. The molecule has 0 radical (unpaired) electrons. The lowest BCUT2D eigenvalue weighted by atomic mass is 10.2. The Morgan fingerprint density at radius 3 is 2.61 bits per heavy atom. The number of amides is 1. The van der Waals surface area contributed by atoms with Crippen molar-refractivity contribution in [2.45, 2.75) is 13.0 Å². The summed E-state index contributed by atoms with van der Waals surface area (Å²) < 4.78 is 11.0. The maximum atomic E-state index is 11.8. The van der Waals surface area contributed by atoms with Crippen molar-refractivity contribution in [1.29, 1.82) is 0 Å². The van der Waals surface area contributed by atoms with Crippen LogP contribution in [0.4, 0.5) is 5.69 Å². The predicted octanol–water partition coefficient (Wildman–Crippen LogP) is 2.58. The molecular formula is C18H20N2O3. The summed E-state index contributed by atoms with van der Waals surface area (Å²) in [4.78, 5) is 11.8. The highest BCUT2D eigenvalue weighted by Crippen LogP contribution is 2.32. The molecule has 1 aliphatic rings. The Hall–Kier alpha value is -2.69. The van der Waals surface area contributed by atoms with Gasteiger partial charge in [0.05, 0.1) is 0 Å². The van der Waals surface area contributed by atoms with Gasteiger partial charge in [-0.2, -0.15) is 0 Å². The first-order valence-corrected chi connectivity index (χ1v) is 7.75. The Balaban J connectivity index is 1.41. The number of hydrogen-bond donors (Lipinski definition) is 2. The van der Waals surface area contributed by atoms with Crippen LogP contribution >= 0.6 is 0 Å². The molecule has 0 fully saturated rings. The van der Waals surface area contributed by atoms with Crippen molar-refractivity contribution in [3.8, 4) is 11.5 Å². The summed E-state index contributed by atoms with van der Waals surface area (Å²) in [5.41, 5.74) is 2.02. The first-order chi connectivity index (χ1) is 11.3. The summed E-state index contributed by atoms with van der Waals surface area (Å²) in [5, 5.41) is 6.14. The van der Waals surface area contributed by atoms with Crippen LogP contribution in [0.1, 0.15) is 12.0 Å². The van der Waals surface area contributed by atoms with Crippen molar-refractivity contribution in [2.75, 3.05) is 25.1 Å². The number of carbonyl (C=O) groups is 1. The van der Waals surface area contributed by atoms with Gasteiger partial charge < -0.3 is 20.1 Å². The van der Waals surface area contributed by atoms with E-state index < -0.39 is 0 Å². The number of benzene rings is 2. The molecule has 0 aromatic heterocycles. The molecule has 1 aliphatic heterocycles. The average molecular weight is 312 g/mol. The molecule has 120 valence electrons. The van der Waals surface area contributed by atoms with Crippen LogP contribution in [-0.2, 0) is 11.3 Å². The molecule has 2 N–H and O–H groups in total. The summed E-state index contributed by atoms with van der Waals surface area (Å²) in [6.07, 6.45) is 0.418. The van der Waals surface area contributed by atoms with E-state index in [4.69, 9.17) is 9.47 Å². The van der Waals surface area contributed by atoms with Crippen molar-refractivity contribution in [2.24, 2.45) is 0 Å². The van der Waals surface area contributed by atoms with Crippen molar-refractivity contribution >= 4 is 11.6 Å². The molecule has 3 rings (SSSR count). The standard InChI is InChI=1S/C18H20N2O3/c21-18(20-13-14-4-2-1-3-5-14)8-9-19-15-6-7-16-17(12-15)23-11-10-22-16/h1-7,12,19H,8-11,13H2,(H,20,21). The van der Waals surface area contributed by atoms with Crippen LogP contribution in [0.5, 0.6) is 11.5 Å². The van der Waals surface area contributed by atoms with Crippen molar-refractivity contribution < 1.29 is 14.3 Å².